The molecule has 0 aliphatic carbocycles. The van der Waals surface area contributed by atoms with Crippen LogP contribution in [0, 0.1) is 4.91 Å². The van der Waals surface area contributed by atoms with Gasteiger partial charge in [-0.25, -0.2) is 4.79 Å². The van der Waals surface area contributed by atoms with Gasteiger partial charge in [0.2, 0.25) is 0 Å². The van der Waals surface area contributed by atoms with Crippen LogP contribution in [0.5, 0.6) is 5.75 Å². The number of benzene rings is 2. The molecule has 126 valence electrons. The normalized spacial score (nSPS) is 14.3. The molecule has 0 radical (unpaired) electrons. The predicted molar refractivity (Wildman–Crippen MR) is 85.6 cm³/mol. The number of aliphatic carboxylic acids is 1. The second-order valence-corrected chi connectivity index (χ2v) is 5.50. The van der Waals surface area contributed by atoms with Gasteiger partial charge in [-0.1, -0.05) is 18.2 Å². The van der Waals surface area contributed by atoms with Crippen LogP contribution >= 0.6 is 0 Å². The lowest BCUT2D eigenvalue weighted by molar-refractivity contribution is -0.141. The smallest absolute Gasteiger partial charge is 0.327 e. The zero-order valence-electron chi connectivity index (χ0n) is 12.7. The maximum absolute atomic E-state index is 12.5. The van der Waals surface area contributed by atoms with E-state index in [-0.39, 0.29) is 29.0 Å². The molecule has 3 rings (SSSR count). The summed E-state index contributed by atoms with van der Waals surface area (Å²) < 4.78 is 0. The molecule has 1 aliphatic rings. The van der Waals surface area contributed by atoms with E-state index in [0.29, 0.717) is 10.5 Å². The first kappa shape index (κ1) is 16.3. The quantitative estimate of drug-likeness (QED) is 0.634. The summed E-state index contributed by atoms with van der Waals surface area (Å²) in [7, 11) is 0. The second-order valence-electron chi connectivity index (χ2n) is 5.50. The molecule has 0 fully saturated rings. The van der Waals surface area contributed by atoms with Gasteiger partial charge in [0, 0.05) is 6.42 Å². The molecule has 0 bridgehead atoms. The summed E-state index contributed by atoms with van der Waals surface area (Å²) >= 11 is 0. The zero-order chi connectivity index (χ0) is 18.1. The molecule has 1 atom stereocenters. The van der Waals surface area contributed by atoms with E-state index >= 15 is 0 Å². The minimum absolute atomic E-state index is 0.153. The van der Waals surface area contributed by atoms with Crippen LogP contribution in [0.2, 0.25) is 0 Å². The number of amides is 2. The Labute approximate surface area is 141 Å². The highest BCUT2D eigenvalue weighted by Gasteiger charge is 2.42. The van der Waals surface area contributed by atoms with Crippen molar-refractivity contribution in [3.63, 3.8) is 0 Å². The molecule has 2 N–H and O–H groups in total. The summed E-state index contributed by atoms with van der Waals surface area (Å²) in [5.74, 6) is -3.06. The maximum atomic E-state index is 12.5. The van der Waals surface area contributed by atoms with Crippen molar-refractivity contribution in [2.24, 2.45) is 5.18 Å². The standard InChI is InChI=1S/C17H12N2O6/c20-14-6-5-9(7-12(14)18-25)8-13(17(23)24)19-15(21)10-3-1-2-4-11(10)16(19)22/h1-7,13,20H,8H2,(H,23,24). The number of nitrogens with zero attached hydrogens (tertiary/aromatic N) is 2. The molecule has 1 unspecified atom stereocenters. The van der Waals surface area contributed by atoms with E-state index in [1.807, 2.05) is 0 Å². The number of hydrogen-bond donors (Lipinski definition) is 2. The summed E-state index contributed by atoms with van der Waals surface area (Å²) in [5, 5.41) is 21.6. The number of phenols is 1. The number of carboxylic acids is 1. The third-order valence-electron chi connectivity index (χ3n) is 3.99. The molecule has 0 spiro atoms. The van der Waals surface area contributed by atoms with Crippen LogP contribution in [0.1, 0.15) is 26.3 Å². The monoisotopic (exact) mass is 340 g/mol. The largest absolute Gasteiger partial charge is 0.506 e. The minimum atomic E-state index is -1.45. The highest BCUT2D eigenvalue weighted by atomic mass is 16.4. The minimum Gasteiger partial charge on any atom is -0.506 e. The number of fused-ring (bicyclic) bond motifs is 1. The van der Waals surface area contributed by atoms with Crippen molar-refractivity contribution in [2.45, 2.75) is 12.5 Å². The number of carboxylic acid groups (broad SMARTS) is 1. The summed E-state index contributed by atoms with van der Waals surface area (Å²) in [5.41, 5.74) is 0.403. The second kappa shape index (κ2) is 6.16. The van der Waals surface area contributed by atoms with Crippen LogP contribution in [0.25, 0.3) is 0 Å². The maximum Gasteiger partial charge on any atom is 0.327 e. The van der Waals surface area contributed by atoms with Gasteiger partial charge in [-0.2, -0.15) is 0 Å². The van der Waals surface area contributed by atoms with E-state index in [4.69, 9.17) is 0 Å². The Morgan fingerprint density at radius 3 is 2.20 bits per heavy atom. The van der Waals surface area contributed by atoms with Crippen molar-refractivity contribution in [3.8, 4) is 5.75 Å². The van der Waals surface area contributed by atoms with Gasteiger partial charge in [0.05, 0.1) is 11.1 Å². The van der Waals surface area contributed by atoms with Crippen LogP contribution < -0.4 is 0 Å². The number of carbonyl (C=O) groups excluding carboxylic acids is 2. The molecule has 1 aliphatic heterocycles. The van der Waals surface area contributed by atoms with Gasteiger partial charge in [0.1, 0.15) is 17.5 Å². The summed E-state index contributed by atoms with van der Waals surface area (Å²) in [4.78, 5) is 47.9. The Morgan fingerprint density at radius 1 is 1.08 bits per heavy atom. The van der Waals surface area contributed by atoms with E-state index in [0.717, 1.165) is 0 Å². The van der Waals surface area contributed by atoms with Crippen LogP contribution in [-0.4, -0.2) is 38.9 Å². The third kappa shape index (κ3) is 2.74. The van der Waals surface area contributed by atoms with Gasteiger partial charge in [-0.05, 0) is 35.0 Å². The van der Waals surface area contributed by atoms with Crippen LogP contribution in [-0.2, 0) is 11.2 Å². The Balaban J connectivity index is 1.96. The number of aromatic hydroxyl groups is 1. The topological polar surface area (TPSA) is 124 Å². The van der Waals surface area contributed by atoms with Crippen LogP contribution in [0.4, 0.5) is 5.69 Å². The number of imide groups is 1. The van der Waals surface area contributed by atoms with E-state index in [1.165, 1.54) is 30.3 Å². The molecule has 2 aromatic rings. The average Bonchev–Trinajstić information content (AvgIpc) is 2.85. The van der Waals surface area contributed by atoms with Gasteiger partial charge >= 0.3 is 5.97 Å². The number of hydrogen-bond acceptors (Lipinski definition) is 6. The first-order chi connectivity index (χ1) is 11.9. The van der Waals surface area contributed by atoms with Gasteiger partial charge in [-0.15, -0.1) is 4.91 Å². The Morgan fingerprint density at radius 2 is 1.68 bits per heavy atom. The average molecular weight is 340 g/mol. The fourth-order valence-corrected chi connectivity index (χ4v) is 2.77. The van der Waals surface area contributed by atoms with Crippen LogP contribution in [0.15, 0.2) is 47.6 Å². The molecule has 2 aromatic carbocycles. The van der Waals surface area contributed by atoms with E-state index in [9.17, 15) is 29.5 Å². The van der Waals surface area contributed by atoms with E-state index in [2.05, 4.69) is 5.18 Å². The molecule has 25 heavy (non-hydrogen) atoms. The molecule has 2 amide bonds. The van der Waals surface area contributed by atoms with Gasteiger partial charge < -0.3 is 10.2 Å². The summed E-state index contributed by atoms with van der Waals surface area (Å²) in [6.45, 7) is 0. The van der Waals surface area contributed by atoms with Crippen molar-refractivity contribution >= 4 is 23.5 Å². The number of rotatable bonds is 5. The lowest BCUT2D eigenvalue weighted by atomic mass is 10.0. The molecule has 0 saturated carbocycles. The molecular weight excluding hydrogens is 328 g/mol. The third-order valence-corrected chi connectivity index (χ3v) is 3.99. The number of nitroso groups, excluding NO2 is 1. The number of phenolic OH excluding ortho intramolecular Hbond substituents is 1. The van der Waals surface area contributed by atoms with Crippen molar-refractivity contribution in [3.05, 3.63) is 64.1 Å². The molecule has 8 nitrogen and oxygen atoms in total. The molecule has 0 saturated heterocycles. The fraction of sp³-hybridized carbons (Fsp3) is 0.118. The van der Waals surface area contributed by atoms with Gasteiger partial charge in [-0.3, -0.25) is 14.5 Å². The highest BCUT2D eigenvalue weighted by Crippen LogP contribution is 2.29. The predicted octanol–water partition coefficient (Wildman–Crippen LogP) is 2.08. The van der Waals surface area contributed by atoms with E-state index in [1.54, 1.807) is 12.1 Å². The van der Waals surface area contributed by atoms with Crippen molar-refractivity contribution in [1.82, 2.24) is 4.90 Å². The van der Waals surface area contributed by atoms with Crippen molar-refractivity contribution < 1.29 is 24.6 Å². The molecule has 8 heteroatoms. The van der Waals surface area contributed by atoms with Gasteiger partial charge in [0.25, 0.3) is 11.8 Å². The lowest BCUT2D eigenvalue weighted by Gasteiger charge is -2.22. The van der Waals surface area contributed by atoms with E-state index < -0.39 is 23.8 Å². The molecule has 1 heterocycles. The van der Waals surface area contributed by atoms with Crippen molar-refractivity contribution in [2.75, 3.05) is 0 Å². The fourth-order valence-electron chi connectivity index (χ4n) is 2.77. The van der Waals surface area contributed by atoms with Gasteiger partial charge in [0.15, 0.2) is 0 Å². The Bertz CT molecular complexity index is 873. The van der Waals surface area contributed by atoms with Crippen LogP contribution in [0.3, 0.4) is 0 Å². The Hall–Kier alpha value is -3.55. The summed E-state index contributed by atoms with van der Waals surface area (Å²) in [6, 6.07) is 8.47. The number of carbonyl (C=O) groups is 3. The SMILES string of the molecule is O=Nc1cc(CC(C(=O)O)N2C(=O)c3ccccc3C2=O)ccc1O. The summed E-state index contributed by atoms with van der Waals surface area (Å²) in [6.07, 6.45) is -0.219. The Kier molecular flexibility index (Phi) is 4.02. The first-order valence-corrected chi connectivity index (χ1v) is 7.29. The zero-order valence-corrected chi connectivity index (χ0v) is 12.7. The van der Waals surface area contributed by atoms with Crippen molar-refractivity contribution in [1.29, 1.82) is 0 Å². The highest BCUT2D eigenvalue weighted by molar-refractivity contribution is 6.22. The first-order valence-electron chi connectivity index (χ1n) is 7.29. The molecule has 0 aromatic heterocycles. The lowest BCUT2D eigenvalue weighted by Crippen LogP contribution is -2.46. The molecular formula is C17H12N2O6.